The van der Waals surface area contributed by atoms with Crippen molar-refractivity contribution in [3.05, 3.63) is 87.7 Å². The fraction of sp³-hybridized carbons (Fsp3) is 0.333. The van der Waals surface area contributed by atoms with Crippen molar-refractivity contribution in [3.8, 4) is 17.2 Å². The van der Waals surface area contributed by atoms with Gasteiger partial charge in [0.1, 0.15) is 17.7 Å². The molecule has 0 aromatic heterocycles. The zero-order valence-electron chi connectivity index (χ0n) is 22.2. The summed E-state index contributed by atoms with van der Waals surface area (Å²) in [5, 5.41) is 0.248. The van der Waals surface area contributed by atoms with Crippen molar-refractivity contribution in [2.75, 3.05) is 27.9 Å². The topological polar surface area (TPSA) is 69.6 Å². The molecule has 0 bridgehead atoms. The summed E-state index contributed by atoms with van der Waals surface area (Å²) in [6.07, 6.45) is 0.371. The highest BCUT2D eigenvalue weighted by Crippen LogP contribution is 2.44. The van der Waals surface area contributed by atoms with Crippen molar-refractivity contribution in [2.45, 2.75) is 38.0 Å². The van der Waals surface area contributed by atoms with Gasteiger partial charge >= 0.3 is 0 Å². The fourth-order valence-electron chi connectivity index (χ4n) is 5.22. The highest BCUT2D eigenvalue weighted by Gasteiger charge is 2.38. The summed E-state index contributed by atoms with van der Waals surface area (Å²) >= 11 is 6.55. The Balaban J connectivity index is 1.48. The molecule has 3 atom stereocenters. The molecule has 3 aromatic carbocycles. The van der Waals surface area contributed by atoms with Crippen molar-refractivity contribution in [1.82, 2.24) is 4.90 Å². The SMILES string of the molecule is COc1ccc(C2=N[C@H](CC(=O)N3CCc4cc(OC)c(OC)cc4[C@H]3c3c(F)cccc3Cl)[C@@H](C)O2)cc1. The molecule has 9 heteroatoms. The maximum atomic E-state index is 15.3. The third-order valence-corrected chi connectivity index (χ3v) is 7.64. The lowest BCUT2D eigenvalue weighted by molar-refractivity contribution is -0.134. The second-order valence-electron chi connectivity index (χ2n) is 9.54. The van der Waals surface area contributed by atoms with E-state index in [1.165, 1.54) is 6.07 Å². The zero-order valence-corrected chi connectivity index (χ0v) is 23.0. The number of carbonyl (C=O) groups excluding carboxylic acids is 1. The first kappa shape index (κ1) is 26.8. The maximum Gasteiger partial charge on any atom is 0.225 e. The number of hydrogen-bond acceptors (Lipinski definition) is 6. The van der Waals surface area contributed by atoms with Crippen molar-refractivity contribution in [3.63, 3.8) is 0 Å². The van der Waals surface area contributed by atoms with E-state index in [-0.39, 0.29) is 29.0 Å². The minimum Gasteiger partial charge on any atom is -0.497 e. The summed E-state index contributed by atoms with van der Waals surface area (Å²) in [4.78, 5) is 20.3. The average Bonchev–Trinajstić information content (AvgIpc) is 3.31. The Hall–Kier alpha value is -3.78. The normalized spacial score (nSPS) is 20.1. The van der Waals surface area contributed by atoms with Gasteiger partial charge in [-0.2, -0.15) is 0 Å². The van der Waals surface area contributed by atoms with Gasteiger partial charge in [-0.05, 0) is 73.0 Å². The summed E-state index contributed by atoms with van der Waals surface area (Å²) in [6, 6.07) is 14.5. The van der Waals surface area contributed by atoms with Crippen LogP contribution in [0.15, 0.2) is 59.6 Å². The van der Waals surface area contributed by atoms with E-state index in [0.717, 1.165) is 22.4 Å². The number of fused-ring (bicyclic) bond motifs is 1. The predicted molar refractivity (Wildman–Crippen MR) is 147 cm³/mol. The Morgan fingerprint density at radius 2 is 1.79 bits per heavy atom. The molecule has 0 saturated carbocycles. The van der Waals surface area contributed by atoms with Crippen LogP contribution in [0, 0.1) is 5.82 Å². The largest absolute Gasteiger partial charge is 0.497 e. The van der Waals surface area contributed by atoms with Crippen LogP contribution in [0.25, 0.3) is 0 Å². The smallest absolute Gasteiger partial charge is 0.225 e. The number of ether oxygens (including phenoxy) is 4. The van der Waals surface area contributed by atoms with Crippen LogP contribution in [0.4, 0.5) is 4.39 Å². The fourth-order valence-corrected chi connectivity index (χ4v) is 5.49. The molecule has 1 amide bonds. The van der Waals surface area contributed by atoms with Gasteiger partial charge in [-0.15, -0.1) is 0 Å². The predicted octanol–water partition coefficient (Wildman–Crippen LogP) is 5.60. The summed E-state index contributed by atoms with van der Waals surface area (Å²) in [7, 11) is 4.72. The Labute approximate surface area is 232 Å². The Morgan fingerprint density at radius 1 is 1.08 bits per heavy atom. The van der Waals surface area contributed by atoms with Crippen molar-refractivity contribution < 1.29 is 28.1 Å². The van der Waals surface area contributed by atoms with Gasteiger partial charge in [0.15, 0.2) is 11.5 Å². The molecule has 5 rings (SSSR count). The molecule has 39 heavy (non-hydrogen) atoms. The van der Waals surface area contributed by atoms with Gasteiger partial charge in [0.05, 0.1) is 39.8 Å². The minimum absolute atomic E-state index is 0.103. The quantitative estimate of drug-likeness (QED) is 0.381. The second kappa shape index (κ2) is 11.1. The molecule has 0 aliphatic carbocycles. The van der Waals surface area contributed by atoms with E-state index in [2.05, 4.69) is 0 Å². The monoisotopic (exact) mass is 552 g/mol. The van der Waals surface area contributed by atoms with Gasteiger partial charge in [0.25, 0.3) is 0 Å². The number of amides is 1. The molecule has 0 N–H and O–H groups in total. The maximum absolute atomic E-state index is 15.3. The van der Waals surface area contributed by atoms with E-state index in [4.69, 9.17) is 35.5 Å². The van der Waals surface area contributed by atoms with Crippen LogP contribution in [-0.2, 0) is 16.0 Å². The van der Waals surface area contributed by atoms with Crippen LogP contribution in [0.3, 0.4) is 0 Å². The average molecular weight is 553 g/mol. The van der Waals surface area contributed by atoms with Gasteiger partial charge < -0.3 is 23.8 Å². The lowest BCUT2D eigenvalue weighted by atomic mass is 9.86. The first-order valence-corrected chi connectivity index (χ1v) is 13.1. The third kappa shape index (κ3) is 5.13. The highest BCUT2D eigenvalue weighted by atomic mass is 35.5. The number of nitrogens with zero attached hydrogens (tertiary/aromatic N) is 2. The van der Waals surface area contributed by atoms with Crippen molar-refractivity contribution in [2.24, 2.45) is 4.99 Å². The first-order valence-electron chi connectivity index (χ1n) is 12.7. The second-order valence-corrected chi connectivity index (χ2v) is 9.95. The van der Waals surface area contributed by atoms with Crippen LogP contribution in [-0.4, -0.2) is 56.7 Å². The van der Waals surface area contributed by atoms with Gasteiger partial charge in [-0.1, -0.05) is 17.7 Å². The number of carbonyl (C=O) groups is 1. The van der Waals surface area contributed by atoms with E-state index in [1.807, 2.05) is 43.3 Å². The number of methoxy groups -OCH3 is 3. The van der Waals surface area contributed by atoms with Gasteiger partial charge in [0, 0.05) is 22.7 Å². The third-order valence-electron chi connectivity index (χ3n) is 7.31. The van der Waals surface area contributed by atoms with E-state index >= 15 is 4.39 Å². The summed E-state index contributed by atoms with van der Waals surface area (Å²) in [5.41, 5.74) is 2.75. The number of hydrogen-bond donors (Lipinski definition) is 0. The van der Waals surface area contributed by atoms with Gasteiger partial charge in [-0.25, -0.2) is 9.38 Å². The summed E-state index contributed by atoms with van der Waals surface area (Å²) in [6.45, 7) is 2.28. The van der Waals surface area contributed by atoms with E-state index < -0.39 is 17.9 Å². The molecular formula is C30H30ClFN2O5. The van der Waals surface area contributed by atoms with Crippen LogP contribution >= 0.6 is 11.6 Å². The van der Waals surface area contributed by atoms with Crippen molar-refractivity contribution >= 4 is 23.4 Å². The molecule has 2 aliphatic heterocycles. The molecule has 3 aromatic rings. The molecule has 2 aliphatic rings. The molecule has 204 valence electrons. The Bertz CT molecular complexity index is 1390. The molecular weight excluding hydrogens is 523 g/mol. The zero-order chi connectivity index (χ0) is 27.7. The molecule has 7 nitrogen and oxygen atoms in total. The molecule has 0 fully saturated rings. The standard InChI is InChI=1S/C30H30ClFN2O5/c1-17-24(33-30(39-17)18-8-10-20(36-2)11-9-18)16-27(35)34-13-12-19-14-25(37-3)26(38-4)15-21(19)29(34)28-22(31)6-5-7-23(28)32/h5-11,14-15,17,24,29H,12-13,16H2,1-4H3/t17-,24-,29+/m1/s1. The highest BCUT2D eigenvalue weighted by molar-refractivity contribution is 6.31. The Kier molecular flexibility index (Phi) is 7.66. The Morgan fingerprint density at radius 3 is 2.46 bits per heavy atom. The minimum atomic E-state index is -0.738. The molecule has 0 saturated heterocycles. The van der Waals surface area contributed by atoms with Crippen molar-refractivity contribution in [1.29, 1.82) is 0 Å². The lowest BCUT2D eigenvalue weighted by Gasteiger charge is -2.39. The van der Waals surface area contributed by atoms with E-state index in [1.54, 1.807) is 38.4 Å². The first-order chi connectivity index (χ1) is 18.8. The summed E-state index contributed by atoms with van der Waals surface area (Å²) < 4.78 is 37.6. The number of benzene rings is 3. The van der Waals surface area contributed by atoms with Gasteiger partial charge in [0.2, 0.25) is 11.8 Å². The van der Waals surface area contributed by atoms with Gasteiger partial charge in [-0.3, -0.25) is 4.79 Å². The van der Waals surface area contributed by atoms with Crippen LogP contribution in [0.5, 0.6) is 17.2 Å². The van der Waals surface area contributed by atoms with Crippen LogP contribution in [0.2, 0.25) is 5.02 Å². The lowest BCUT2D eigenvalue weighted by Crippen LogP contribution is -2.42. The molecule has 0 unspecified atom stereocenters. The molecule has 0 spiro atoms. The van der Waals surface area contributed by atoms with E-state index in [9.17, 15) is 4.79 Å². The van der Waals surface area contributed by atoms with E-state index in [0.29, 0.717) is 30.4 Å². The number of aliphatic imine (C=N–C) groups is 1. The van der Waals surface area contributed by atoms with Crippen LogP contribution in [0.1, 0.15) is 41.6 Å². The van der Waals surface area contributed by atoms with Crippen LogP contribution < -0.4 is 14.2 Å². The number of rotatable bonds is 7. The number of halogens is 2. The molecule has 0 radical (unpaired) electrons. The molecule has 2 heterocycles. The summed E-state index contributed by atoms with van der Waals surface area (Å²) in [5.74, 6) is 1.64.